The Bertz CT molecular complexity index is 1030. The van der Waals surface area contributed by atoms with E-state index in [1.54, 1.807) is 16.4 Å². The van der Waals surface area contributed by atoms with Crippen LogP contribution in [0.15, 0.2) is 47.4 Å². The lowest BCUT2D eigenvalue weighted by atomic mass is 10.0. The summed E-state index contributed by atoms with van der Waals surface area (Å²) in [4.78, 5) is 15.2. The number of sulfonamides is 1. The lowest BCUT2D eigenvalue weighted by molar-refractivity contribution is 0.102. The zero-order valence-electron chi connectivity index (χ0n) is 17.6. The van der Waals surface area contributed by atoms with E-state index in [1.807, 2.05) is 12.1 Å². The van der Waals surface area contributed by atoms with Gasteiger partial charge in [-0.25, -0.2) is 8.42 Å². The second-order valence-corrected chi connectivity index (χ2v) is 10.2. The van der Waals surface area contributed by atoms with Gasteiger partial charge < -0.3 is 10.2 Å². The van der Waals surface area contributed by atoms with E-state index < -0.39 is 10.0 Å². The lowest BCUT2D eigenvalue weighted by Crippen LogP contribution is -2.37. The number of carbonyl (C=O) groups is 1. The minimum atomic E-state index is -3.51. The number of hydrogen-bond donors (Lipinski definition) is 1. The Morgan fingerprint density at radius 3 is 2.43 bits per heavy atom. The number of amides is 1. The van der Waals surface area contributed by atoms with Crippen molar-refractivity contribution in [2.75, 3.05) is 36.4 Å². The average Bonchev–Trinajstić information content (AvgIpc) is 3.16. The molecule has 0 aliphatic carbocycles. The van der Waals surface area contributed by atoms with Gasteiger partial charge in [0, 0.05) is 43.1 Å². The summed E-state index contributed by atoms with van der Waals surface area (Å²) in [6, 6.07) is 12.2. The normalized spacial score (nSPS) is 17.7. The fourth-order valence-electron chi connectivity index (χ4n) is 4.21. The molecule has 6 nitrogen and oxygen atoms in total. The maximum absolute atomic E-state index is 12.9. The molecule has 0 bridgehead atoms. The van der Waals surface area contributed by atoms with Crippen LogP contribution in [0.2, 0.25) is 0 Å². The van der Waals surface area contributed by atoms with Crippen molar-refractivity contribution in [3.05, 3.63) is 53.6 Å². The minimum Gasteiger partial charge on any atom is -0.371 e. The molecule has 0 aromatic heterocycles. The predicted octanol–water partition coefficient (Wildman–Crippen LogP) is 3.74. The first-order valence-electron chi connectivity index (χ1n) is 10.7. The number of hydrogen-bond acceptors (Lipinski definition) is 4. The van der Waals surface area contributed by atoms with E-state index in [0.717, 1.165) is 38.0 Å². The van der Waals surface area contributed by atoms with Crippen LogP contribution in [0.5, 0.6) is 0 Å². The largest absolute Gasteiger partial charge is 0.371 e. The molecule has 1 N–H and O–H groups in total. The maximum Gasteiger partial charge on any atom is 0.255 e. The summed E-state index contributed by atoms with van der Waals surface area (Å²) in [5.41, 5.74) is 3.66. The quantitative estimate of drug-likeness (QED) is 0.789. The molecule has 0 saturated carbocycles. The molecule has 0 unspecified atom stereocenters. The standard InChI is InChI=1S/C23H29N3O3S/c1-3-25-13-12-18-4-7-20(16-22(18)25)24-23(27)19-5-8-21(9-6-19)30(28,29)26-14-10-17(2)11-15-26/h4-9,16-17H,3,10-15H2,1-2H3,(H,24,27). The zero-order valence-corrected chi connectivity index (χ0v) is 18.4. The average molecular weight is 428 g/mol. The highest BCUT2D eigenvalue weighted by Crippen LogP contribution is 2.31. The van der Waals surface area contributed by atoms with E-state index in [9.17, 15) is 13.2 Å². The number of piperidine rings is 1. The van der Waals surface area contributed by atoms with Crippen LogP contribution in [-0.2, 0) is 16.4 Å². The zero-order chi connectivity index (χ0) is 21.3. The predicted molar refractivity (Wildman–Crippen MR) is 120 cm³/mol. The number of nitrogens with one attached hydrogen (secondary N) is 1. The van der Waals surface area contributed by atoms with Crippen LogP contribution < -0.4 is 10.2 Å². The maximum atomic E-state index is 12.9. The van der Waals surface area contributed by atoms with Crippen LogP contribution in [0.25, 0.3) is 0 Å². The van der Waals surface area contributed by atoms with Crippen molar-refractivity contribution in [1.82, 2.24) is 4.31 Å². The van der Waals surface area contributed by atoms with Crippen LogP contribution in [-0.4, -0.2) is 44.8 Å². The summed E-state index contributed by atoms with van der Waals surface area (Å²) in [7, 11) is -3.51. The molecule has 0 atom stereocenters. The molecule has 0 radical (unpaired) electrons. The van der Waals surface area contributed by atoms with Crippen LogP contribution in [0.4, 0.5) is 11.4 Å². The summed E-state index contributed by atoms with van der Waals surface area (Å²) in [6.07, 6.45) is 2.80. The highest BCUT2D eigenvalue weighted by Gasteiger charge is 2.28. The number of likely N-dealkylation sites (N-methyl/N-ethyl adjacent to an activating group) is 1. The summed E-state index contributed by atoms with van der Waals surface area (Å²) >= 11 is 0. The van der Waals surface area contributed by atoms with Gasteiger partial charge in [-0.3, -0.25) is 4.79 Å². The van der Waals surface area contributed by atoms with Gasteiger partial charge >= 0.3 is 0 Å². The van der Waals surface area contributed by atoms with E-state index in [4.69, 9.17) is 0 Å². The Morgan fingerprint density at radius 2 is 1.77 bits per heavy atom. The molecule has 2 heterocycles. The highest BCUT2D eigenvalue weighted by atomic mass is 32.2. The second kappa shape index (κ2) is 8.40. The number of anilines is 2. The molecule has 2 aromatic rings. The molecule has 2 aliphatic rings. The first kappa shape index (κ1) is 20.9. The van der Waals surface area contributed by atoms with Crippen LogP contribution >= 0.6 is 0 Å². The number of benzene rings is 2. The summed E-state index contributed by atoms with van der Waals surface area (Å²) in [5, 5.41) is 2.93. The third-order valence-corrected chi connectivity index (χ3v) is 8.13. The van der Waals surface area contributed by atoms with Gasteiger partial charge in [-0.1, -0.05) is 13.0 Å². The fourth-order valence-corrected chi connectivity index (χ4v) is 5.68. The van der Waals surface area contributed by atoms with E-state index in [1.165, 1.54) is 23.4 Å². The highest BCUT2D eigenvalue weighted by molar-refractivity contribution is 7.89. The fraction of sp³-hybridized carbons (Fsp3) is 0.435. The van der Waals surface area contributed by atoms with Gasteiger partial charge in [0.15, 0.2) is 0 Å². The van der Waals surface area contributed by atoms with Crippen molar-refractivity contribution in [1.29, 1.82) is 0 Å². The van der Waals surface area contributed by atoms with Crippen LogP contribution in [0, 0.1) is 5.92 Å². The molecule has 30 heavy (non-hydrogen) atoms. The van der Waals surface area contributed by atoms with E-state index in [2.05, 4.69) is 30.1 Å². The molecule has 2 aromatic carbocycles. The van der Waals surface area contributed by atoms with E-state index in [-0.39, 0.29) is 10.8 Å². The molecule has 0 spiro atoms. The molecular formula is C23H29N3O3S. The van der Waals surface area contributed by atoms with Crippen molar-refractivity contribution >= 4 is 27.3 Å². The summed E-state index contributed by atoms with van der Waals surface area (Å²) in [6.45, 7) is 7.33. The van der Waals surface area contributed by atoms with Gasteiger partial charge in [-0.15, -0.1) is 0 Å². The molecule has 1 fully saturated rings. The first-order valence-corrected chi connectivity index (χ1v) is 12.1. The smallest absolute Gasteiger partial charge is 0.255 e. The molecule has 4 rings (SSSR count). The van der Waals surface area contributed by atoms with Crippen LogP contribution in [0.1, 0.15) is 42.6 Å². The second-order valence-electron chi connectivity index (χ2n) is 8.24. The Balaban J connectivity index is 1.46. The van der Waals surface area contributed by atoms with Gasteiger partial charge in [0.25, 0.3) is 5.91 Å². The van der Waals surface area contributed by atoms with Crippen molar-refractivity contribution in [2.24, 2.45) is 5.92 Å². The third-order valence-electron chi connectivity index (χ3n) is 6.21. The molecule has 7 heteroatoms. The Labute approximate surface area is 178 Å². The molecule has 2 aliphatic heterocycles. The number of rotatable bonds is 5. The monoisotopic (exact) mass is 427 g/mol. The number of fused-ring (bicyclic) bond motifs is 1. The van der Waals surface area contributed by atoms with Gasteiger partial charge in [0.05, 0.1) is 4.90 Å². The van der Waals surface area contributed by atoms with E-state index in [0.29, 0.717) is 24.6 Å². The van der Waals surface area contributed by atoms with Crippen molar-refractivity contribution < 1.29 is 13.2 Å². The van der Waals surface area contributed by atoms with Gasteiger partial charge in [-0.2, -0.15) is 4.31 Å². The number of nitrogens with zero attached hydrogens (tertiary/aromatic N) is 2. The molecule has 1 saturated heterocycles. The molecular weight excluding hydrogens is 398 g/mol. The Kier molecular flexibility index (Phi) is 5.84. The summed E-state index contributed by atoms with van der Waals surface area (Å²) < 4.78 is 27.3. The third kappa shape index (κ3) is 4.09. The van der Waals surface area contributed by atoms with Gasteiger partial charge in [0.2, 0.25) is 10.0 Å². The molecule has 160 valence electrons. The van der Waals surface area contributed by atoms with E-state index >= 15 is 0 Å². The van der Waals surface area contributed by atoms with Crippen molar-refractivity contribution in [3.63, 3.8) is 0 Å². The first-order chi connectivity index (χ1) is 14.4. The lowest BCUT2D eigenvalue weighted by Gasteiger charge is -2.29. The van der Waals surface area contributed by atoms with Gasteiger partial charge in [0.1, 0.15) is 0 Å². The molecule has 1 amide bonds. The van der Waals surface area contributed by atoms with Crippen molar-refractivity contribution in [2.45, 2.75) is 38.0 Å². The number of carbonyl (C=O) groups excluding carboxylic acids is 1. The topological polar surface area (TPSA) is 69.7 Å². The van der Waals surface area contributed by atoms with Crippen LogP contribution in [0.3, 0.4) is 0 Å². The Hall–Kier alpha value is -2.38. The SMILES string of the molecule is CCN1CCc2ccc(NC(=O)c3ccc(S(=O)(=O)N4CCC(C)CC4)cc3)cc21. The summed E-state index contributed by atoms with van der Waals surface area (Å²) in [5.74, 6) is 0.317. The van der Waals surface area contributed by atoms with Gasteiger partial charge in [-0.05, 0) is 74.1 Å². The minimum absolute atomic E-state index is 0.240. The Morgan fingerprint density at radius 1 is 1.07 bits per heavy atom. The van der Waals surface area contributed by atoms with Crippen molar-refractivity contribution in [3.8, 4) is 0 Å².